The Morgan fingerprint density at radius 1 is 0.944 bits per heavy atom. The lowest BCUT2D eigenvalue weighted by atomic mass is 10.2. The Hall–Kier alpha value is -2.00. The Bertz CT molecular complexity index is 471. The molecule has 0 spiro atoms. The average molecular weight is 243 g/mol. The van der Waals surface area contributed by atoms with Crippen molar-refractivity contribution in [3.63, 3.8) is 0 Å². The molecule has 0 atom stereocenters. The number of para-hydroxylation sites is 3. The van der Waals surface area contributed by atoms with Crippen molar-refractivity contribution in [3.8, 4) is 11.5 Å². The van der Waals surface area contributed by atoms with E-state index in [1.165, 1.54) is 0 Å². The highest BCUT2D eigenvalue weighted by Gasteiger charge is 2.03. The molecular weight excluding hydrogens is 226 g/mol. The lowest BCUT2D eigenvalue weighted by Gasteiger charge is -2.12. The van der Waals surface area contributed by atoms with Gasteiger partial charge in [-0.1, -0.05) is 30.3 Å². The Balaban J connectivity index is 2.07. The molecule has 0 aliphatic rings. The first-order chi connectivity index (χ1) is 8.90. The van der Waals surface area contributed by atoms with Crippen LogP contribution in [0.15, 0.2) is 54.6 Å². The maximum atomic E-state index is 8.78. The highest BCUT2D eigenvalue weighted by Crippen LogP contribution is 2.28. The summed E-state index contributed by atoms with van der Waals surface area (Å²) < 4.78 is 5.82. The molecule has 0 radical (unpaired) electrons. The molecule has 0 bridgehead atoms. The molecular formula is C15H17NO2. The van der Waals surface area contributed by atoms with Gasteiger partial charge in [-0.2, -0.15) is 0 Å². The molecule has 0 heterocycles. The smallest absolute Gasteiger partial charge is 0.150 e. The molecule has 2 aromatic rings. The van der Waals surface area contributed by atoms with Gasteiger partial charge in [-0.15, -0.1) is 0 Å². The van der Waals surface area contributed by atoms with Crippen molar-refractivity contribution < 1.29 is 9.84 Å². The van der Waals surface area contributed by atoms with E-state index < -0.39 is 0 Å². The number of hydrogen-bond acceptors (Lipinski definition) is 3. The molecule has 3 heteroatoms. The van der Waals surface area contributed by atoms with E-state index in [2.05, 4.69) is 5.32 Å². The van der Waals surface area contributed by atoms with Crippen molar-refractivity contribution in [1.29, 1.82) is 0 Å². The van der Waals surface area contributed by atoms with E-state index in [0.717, 1.165) is 30.2 Å². The molecule has 94 valence electrons. The number of hydrogen-bond donors (Lipinski definition) is 2. The topological polar surface area (TPSA) is 41.5 Å². The van der Waals surface area contributed by atoms with Gasteiger partial charge in [0.15, 0.2) is 5.75 Å². The third-order valence-corrected chi connectivity index (χ3v) is 2.51. The summed E-state index contributed by atoms with van der Waals surface area (Å²) in [5.74, 6) is 1.61. The summed E-state index contributed by atoms with van der Waals surface area (Å²) in [6.07, 6.45) is 0.722. The molecule has 0 saturated carbocycles. The molecule has 0 amide bonds. The van der Waals surface area contributed by atoms with E-state index in [0.29, 0.717) is 0 Å². The number of benzene rings is 2. The van der Waals surface area contributed by atoms with Crippen LogP contribution in [0.3, 0.4) is 0 Å². The Labute approximate surface area is 107 Å². The molecule has 0 aromatic heterocycles. The average Bonchev–Trinajstić information content (AvgIpc) is 2.42. The van der Waals surface area contributed by atoms with E-state index in [4.69, 9.17) is 9.84 Å². The fraction of sp³-hybridized carbons (Fsp3) is 0.200. The van der Waals surface area contributed by atoms with Gasteiger partial charge in [-0.25, -0.2) is 0 Å². The lowest BCUT2D eigenvalue weighted by Crippen LogP contribution is -2.04. The summed E-state index contributed by atoms with van der Waals surface area (Å²) in [5, 5.41) is 12.0. The van der Waals surface area contributed by atoms with E-state index >= 15 is 0 Å². The predicted molar refractivity (Wildman–Crippen MR) is 73.2 cm³/mol. The summed E-state index contributed by atoms with van der Waals surface area (Å²) in [6, 6.07) is 17.5. The Morgan fingerprint density at radius 2 is 1.67 bits per heavy atom. The summed E-state index contributed by atoms with van der Waals surface area (Å²) in [7, 11) is 0. The van der Waals surface area contributed by atoms with Crippen molar-refractivity contribution in [2.45, 2.75) is 6.42 Å². The zero-order chi connectivity index (χ0) is 12.6. The van der Waals surface area contributed by atoms with Gasteiger partial charge in [-0.05, 0) is 30.7 Å². The van der Waals surface area contributed by atoms with Crippen LogP contribution in [0.1, 0.15) is 6.42 Å². The quantitative estimate of drug-likeness (QED) is 0.765. The molecule has 0 aliphatic heterocycles. The largest absolute Gasteiger partial charge is 0.455 e. The van der Waals surface area contributed by atoms with Crippen LogP contribution >= 0.6 is 0 Å². The zero-order valence-electron chi connectivity index (χ0n) is 10.2. The lowest BCUT2D eigenvalue weighted by molar-refractivity contribution is 0.292. The van der Waals surface area contributed by atoms with Crippen LogP contribution in [0.5, 0.6) is 11.5 Å². The van der Waals surface area contributed by atoms with E-state index in [-0.39, 0.29) is 6.61 Å². The van der Waals surface area contributed by atoms with Gasteiger partial charge in [0.2, 0.25) is 0 Å². The summed E-state index contributed by atoms with van der Waals surface area (Å²) >= 11 is 0. The fourth-order valence-electron chi connectivity index (χ4n) is 1.62. The van der Waals surface area contributed by atoms with Gasteiger partial charge in [0, 0.05) is 13.2 Å². The molecule has 2 N–H and O–H groups in total. The third-order valence-electron chi connectivity index (χ3n) is 2.51. The van der Waals surface area contributed by atoms with Crippen molar-refractivity contribution in [3.05, 3.63) is 54.6 Å². The summed E-state index contributed by atoms with van der Waals surface area (Å²) in [5.41, 5.74) is 0.940. The maximum absolute atomic E-state index is 8.78. The Morgan fingerprint density at radius 3 is 2.44 bits per heavy atom. The number of aliphatic hydroxyl groups excluding tert-OH is 1. The van der Waals surface area contributed by atoms with Gasteiger partial charge >= 0.3 is 0 Å². The van der Waals surface area contributed by atoms with Crippen molar-refractivity contribution >= 4 is 5.69 Å². The minimum absolute atomic E-state index is 0.189. The van der Waals surface area contributed by atoms with Crippen LogP contribution in [-0.4, -0.2) is 18.3 Å². The number of aliphatic hydroxyl groups is 1. The molecule has 2 aromatic carbocycles. The second-order valence-corrected chi connectivity index (χ2v) is 3.92. The van der Waals surface area contributed by atoms with E-state index in [9.17, 15) is 0 Å². The molecule has 0 unspecified atom stereocenters. The van der Waals surface area contributed by atoms with Crippen molar-refractivity contribution in [1.82, 2.24) is 0 Å². The van der Waals surface area contributed by atoms with Crippen LogP contribution in [-0.2, 0) is 0 Å². The normalized spacial score (nSPS) is 10.1. The van der Waals surface area contributed by atoms with Crippen LogP contribution < -0.4 is 10.1 Å². The molecule has 3 nitrogen and oxygen atoms in total. The third kappa shape index (κ3) is 3.50. The maximum Gasteiger partial charge on any atom is 0.150 e. The summed E-state index contributed by atoms with van der Waals surface area (Å²) in [4.78, 5) is 0. The molecule has 0 saturated heterocycles. The minimum atomic E-state index is 0.189. The zero-order valence-corrected chi connectivity index (χ0v) is 10.2. The van der Waals surface area contributed by atoms with Gasteiger partial charge < -0.3 is 15.2 Å². The van der Waals surface area contributed by atoms with Gasteiger partial charge in [0.05, 0.1) is 5.69 Å². The van der Waals surface area contributed by atoms with Crippen molar-refractivity contribution in [2.24, 2.45) is 0 Å². The van der Waals surface area contributed by atoms with Gasteiger partial charge in [-0.3, -0.25) is 0 Å². The van der Waals surface area contributed by atoms with Crippen LogP contribution in [0.2, 0.25) is 0 Å². The number of anilines is 1. The molecule has 2 rings (SSSR count). The van der Waals surface area contributed by atoms with E-state index in [1.807, 2.05) is 54.6 Å². The fourth-order valence-corrected chi connectivity index (χ4v) is 1.62. The van der Waals surface area contributed by atoms with E-state index in [1.54, 1.807) is 0 Å². The number of nitrogens with one attached hydrogen (secondary N) is 1. The second kappa shape index (κ2) is 6.67. The predicted octanol–water partition coefficient (Wildman–Crippen LogP) is 3.27. The highest BCUT2D eigenvalue weighted by atomic mass is 16.5. The standard InChI is InChI=1S/C15H17NO2/c17-12-6-11-16-14-9-4-5-10-15(14)18-13-7-2-1-3-8-13/h1-5,7-10,16-17H,6,11-12H2. The Kier molecular flexibility index (Phi) is 4.61. The first kappa shape index (κ1) is 12.5. The second-order valence-electron chi connectivity index (χ2n) is 3.92. The number of rotatable bonds is 6. The van der Waals surface area contributed by atoms with Gasteiger partial charge in [0.1, 0.15) is 5.75 Å². The van der Waals surface area contributed by atoms with Gasteiger partial charge in [0.25, 0.3) is 0 Å². The SMILES string of the molecule is OCCCNc1ccccc1Oc1ccccc1. The first-order valence-corrected chi connectivity index (χ1v) is 6.07. The molecule has 18 heavy (non-hydrogen) atoms. The minimum Gasteiger partial charge on any atom is -0.455 e. The monoisotopic (exact) mass is 243 g/mol. The van der Waals surface area contributed by atoms with Crippen molar-refractivity contribution in [2.75, 3.05) is 18.5 Å². The van der Waals surface area contributed by atoms with Crippen LogP contribution in [0.25, 0.3) is 0 Å². The molecule has 0 aliphatic carbocycles. The highest BCUT2D eigenvalue weighted by molar-refractivity contribution is 5.57. The summed E-state index contributed by atoms with van der Waals surface area (Å²) in [6.45, 7) is 0.917. The van der Waals surface area contributed by atoms with Crippen LogP contribution in [0.4, 0.5) is 5.69 Å². The number of ether oxygens (including phenoxy) is 1. The first-order valence-electron chi connectivity index (χ1n) is 6.07. The molecule has 0 fully saturated rings. The van der Waals surface area contributed by atoms with Crippen LogP contribution in [0, 0.1) is 0 Å².